The molecule has 1 aromatic heterocycles. The molecule has 3 aromatic rings. The van der Waals surface area contributed by atoms with Crippen LogP contribution in [0.5, 0.6) is 0 Å². The predicted molar refractivity (Wildman–Crippen MR) is 111 cm³/mol. The van der Waals surface area contributed by atoms with Crippen LogP contribution in [0.1, 0.15) is 18.4 Å². The molecule has 0 unspecified atom stereocenters. The van der Waals surface area contributed by atoms with Crippen molar-refractivity contribution in [3.8, 4) is 16.9 Å². The predicted octanol–water partition coefficient (Wildman–Crippen LogP) is 4.26. The first-order valence-corrected chi connectivity index (χ1v) is 9.43. The number of fused-ring (bicyclic) bond motifs is 1. The molecule has 7 heteroatoms. The molecule has 0 amide bonds. The fourth-order valence-corrected chi connectivity index (χ4v) is 3.57. The van der Waals surface area contributed by atoms with E-state index in [9.17, 15) is 10.1 Å². The molecule has 7 nitrogen and oxygen atoms in total. The molecule has 28 heavy (non-hydrogen) atoms. The molecular formula is C21H23N5O2. The van der Waals surface area contributed by atoms with Gasteiger partial charge in [-0.1, -0.05) is 12.1 Å². The Morgan fingerprint density at radius 2 is 1.93 bits per heavy atom. The SMILES string of the molecule is CN(C)c1cccc(-c2nn(-c3ccc([N+](=O)[O-])cc3)c3c2CCCCN3)c1. The van der Waals surface area contributed by atoms with Crippen molar-refractivity contribution >= 4 is 17.2 Å². The third-order valence-electron chi connectivity index (χ3n) is 5.07. The van der Waals surface area contributed by atoms with Crippen LogP contribution in [0.4, 0.5) is 17.2 Å². The molecule has 0 fully saturated rings. The van der Waals surface area contributed by atoms with E-state index in [4.69, 9.17) is 5.10 Å². The maximum atomic E-state index is 11.0. The van der Waals surface area contributed by atoms with Gasteiger partial charge in [-0.25, -0.2) is 4.68 Å². The van der Waals surface area contributed by atoms with Crippen LogP contribution in [0, 0.1) is 10.1 Å². The Bertz CT molecular complexity index is 1010. The smallest absolute Gasteiger partial charge is 0.269 e. The van der Waals surface area contributed by atoms with Crippen LogP contribution < -0.4 is 10.2 Å². The fraction of sp³-hybridized carbons (Fsp3) is 0.286. The minimum absolute atomic E-state index is 0.0777. The number of hydrogen-bond acceptors (Lipinski definition) is 5. The summed E-state index contributed by atoms with van der Waals surface area (Å²) in [6.07, 6.45) is 3.16. The lowest BCUT2D eigenvalue weighted by Gasteiger charge is -2.13. The first kappa shape index (κ1) is 18.0. The van der Waals surface area contributed by atoms with E-state index in [1.807, 2.05) is 24.8 Å². The first-order chi connectivity index (χ1) is 13.5. The molecule has 0 radical (unpaired) electrons. The molecule has 0 aliphatic carbocycles. The number of rotatable bonds is 4. The van der Waals surface area contributed by atoms with E-state index in [0.717, 1.165) is 54.3 Å². The van der Waals surface area contributed by atoms with Crippen molar-refractivity contribution < 1.29 is 4.92 Å². The molecule has 2 aromatic carbocycles. The van der Waals surface area contributed by atoms with E-state index < -0.39 is 0 Å². The second-order valence-electron chi connectivity index (χ2n) is 7.19. The molecular weight excluding hydrogens is 354 g/mol. The normalized spacial score (nSPS) is 13.4. The van der Waals surface area contributed by atoms with Gasteiger partial charge in [0.05, 0.1) is 16.3 Å². The Kier molecular flexibility index (Phi) is 4.73. The highest BCUT2D eigenvalue weighted by atomic mass is 16.6. The third kappa shape index (κ3) is 3.31. The minimum Gasteiger partial charge on any atom is -0.378 e. The lowest BCUT2D eigenvalue weighted by atomic mass is 10.0. The molecule has 0 bridgehead atoms. The fourth-order valence-electron chi connectivity index (χ4n) is 3.57. The summed E-state index contributed by atoms with van der Waals surface area (Å²) in [5, 5.41) is 19.4. The highest BCUT2D eigenvalue weighted by Gasteiger charge is 2.22. The Labute approximate surface area is 163 Å². The Morgan fingerprint density at radius 3 is 2.64 bits per heavy atom. The van der Waals surface area contributed by atoms with Crippen molar-refractivity contribution in [1.29, 1.82) is 0 Å². The van der Waals surface area contributed by atoms with Gasteiger partial charge in [0.1, 0.15) is 5.82 Å². The molecule has 0 saturated carbocycles. The summed E-state index contributed by atoms with van der Waals surface area (Å²) in [5.74, 6) is 0.983. The standard InChI is InChI=1S/C21H23N5O2/c1-24(2)18-7-5-6-15(14-18)20-19-8-3-4-13-22-21(19)25(23-20)16-9-11-17(12-10-16)26(27)28/h5-7,9-12,14,22H,3-4,8,13H2,1-2H3. The van der Waals surface area contributed by atoms with Crippen molar-refractivity contribution in [3.63, 3.8) is 0 Å². The molecule has 144 valence electrons. The summed E-state index contributed by atoms with van der Waals surface area (Å²) in [7, 11) is 4.05. The first-order valence-electron chi connectivity index (χ1n) is 9.43. The summed E-state index contributed by atoms with van der Waals surface area (Å²) in [6, 6.07) is 14.9. The van der Waals surface area contributed by atoms with Crippen molar-refractivity contribution in [1.82, 2.24) is 9.78 Å². The second kappa shape index (κ2) is 7.34. The summed E-state index contributed by atoms with van der Waals surface area (Å²) >= 11 is 0. The summed E-state index contributed by atoms with van der Waals surface area (Å²) < 4.78 is 1.88. The van der Waals surface area contributed by atoms with Crippen molar-refractivity contribution in [2.45, 2.75) is 19.3 Å². The lowest BCUT2D eigenvalue weighted by Crippen LogP contribution is -2.08. The number of nitro benzene ring substituents is 1. The molecule has 0 spiro atoms. The van der Waals surface area contributed by atoms with Crippen molar-refractivity contribution in [2.75, 3.05) is 30.9 Å². The van der Waals surface area contributed by atoms with Crippen molar-refractivity contribution in [3.05, 3.63) is 64.2 Å². The van der Waals surface area contributed by atoms with Gasteiger partial charge in [-0.2, -0.15) is 5.10 Å². The van der Waals surface area contributed by atoms with E-state index in [1.165, 1.54) is 17.7 Å². The van der Waals surface area contributed by atoms with Gasteiger partial charge in [0, 0.05) is 49.6 Å². The molecule has 2 heterocycles. The molecule has 4 rings (SSSR count). The zero-order chi connectivity index (χ0) is 19.7. The van der Waals surface area contributed by atoms with Gasteiger partial charge >= 0.3 is 0 Å². The molecule has 0 atom stereocenters. The van der Waals surface area contributed by atoms with Crippen LogP contribution in [0.25, 0.3) is 16.9 Å². The number of nitro groups is 1. The average Bonchev–Trinajstić information content (AvgIpc) is 2.89. The highest BCUT2D eigenvalue weighted by molar-refractivity contribution is 5.74. The molecule has 1 aliphatic rings. The van der Waals surface area contributed by atoms with Gasteiger partial charge in [-0.15, -0.1) is 0 Å². The Morgan fingerprint density at radius 1 is 1.14 bits per heavy atom. The topological polar surface area (TPSA) is 76.2 Å². The van der Waals surface area contributed by atoms with Gasteiger partial charge in [0.15, 0.2) is 0 Å². The number of anilines is 2. The maximum absolute atomic E-state index is 11.0. The van der Waals surface area contributed by atoms with Crippen LogP contribution in [0.15, 0.2) is 48.5 Å². The van der Waals surface area contributed by atoms with E-state index >= 15 is 0 Å². The average molecular weight is 377 g/mol. The minimum atomic E-state index is -0.385. The second-order valence-corrected chi connectivity index (χ2v) is 7.19. The van der Waals surface area contributed by atoms with Gasteiger partial charge in [0.25, 0.3) is 5.69 Å². The number of benzene rings is 2. The summed E-state index contributed by atoms with van der Waals surface area (Å²) in [6.45, 7) is 0.892. The molecule has 0 saturated heterocycles. The highest BCUT2D eigenvalue weighted by Crippen LogP contribution is 2.35. The van der Waals surface area contributed by atoms with Gasteiger partial charge in [-0.05, 0) is 43.5 Å². The molecule has 1 aliphatic heterocycles. The number of non-ortho nitro benzene ring substituents is 1. The quantitative estimate of drug-likeness (QED) is 0.543. The third-order valence-corrected chi connectivity index (χ3v) is 5.07. The Hall–Kier alpha value is -3.35. The molecule has 1 N–H and O–H groups in total. The number of nitrogens with one attached hydrogen (secondary N) is 1. The van der Waals surface area contributed by atoms with Gasteiger partial charge in [0.2, 0.25) is 0 Å². The van der Waals surface area contributed by atoms with E-state index in [1.54, 1.807) is 12.1 Å². The van der Waals surface area contributed by atoms with Crippen LogP contribution in [-0.4, -0.2) is 35.3 Å². The summed E-state index contributed by atoms with van der Waals surface area (Å²) in [5.41, 5.74) is 5.25. The number of aromatic nitrogens is 2. The van der Waals surface area contributed by atoms with Crippen LogP contribution >= 0.6 is 0 Å². The summed E-state index contributed by atoms with van der Waals surface area (Å²) in [4.78, 5) is 12.7. The largest absolute Gasteiger partial charge is 0.378 e. The zero-order valence-corrected chi connectivity index (χ0v) is 16.1. The zero-order valence-electron chi connectivity index (χ0n) is 16.1. The van der Waals surface area contributed by atoms with E-state index in [-0.39, 0.29) is 10.6 Å². The number of nitrogens with zero attached hydrogens (tertiary/aromatic N) is 4. The van der Waals surface area contributed by atoms with Crippen LogP contribution in [0.3, 0.4) is 0 Å². The maximum Gasteiger partial charge on any atom is 0.269 e. The van der Waals surface area contributed by atoms with Crippen molar-refractivity contribution in [2.24, 2.45) is 0 Å². The van der Waals surface area contributed by atoms with E-state index in [0.29, 0.717) is 0 Å². The monoisotopic (exact) mass is 377 g/mol. The van der Waals surface area contributed by atoms with E-state index in [2.05, 4.69) is 28.4 Å². The van der Waals surface area contributed by atoms with Crippen LogP contribution in [0.2, 0.25) is 0 Å². The Balaban J connectivity index is 1.84. The van der Waals surface area contributed by atoms with Gasteiger partial charge in [-0.3, -0.25) is 10.1 Å². The van der Waals surface area contributed by atoms with Gasteiger partial charge < -0.3 is 10.2 Å². The lowest BCUT2D eigenvalue weighted by molar-refractivity contribution is -0.384. The van der Waals surface area contributed by atoms with Crippen LogP contribution in [-0.2, 0) is 6.42 Å². The number of hydrogen-bond donors (Lipinski definition) is 1.